The molecule has 0 N–H and O–H groups in total. The van der Waals surface area contributed by atoms with Crippen molar-refractivity contribution in [2.24, 2.45) is 0 Å². The molecule has 1 aliphatic heterocycles. The van der Waals surface area contributed by atoms with Crippen molar-refractivity contribution in [3.05, 3.63) is 17.0 Å². The number of hydrogen-bond donors (Lipinski definition) is 0. The highest BCUT2D eigenvalue weighted by molar-refractivity contribution is 6.28. The lowest BCUT2D eigenvalue weighted by Gasteiger charge is -2.21. The number of hydrogen-bond acceptors (Lipinski definition) is 4. The molecule has 0 amide bonds. The molecule has 1 saturated heterocycles. The van der Waals surface area contributed by atoms with E-state index in [4.69, 9.17) is 16.3 Å². The van der Waals surface area contributed by atoms with Gasteiger partial charge in [-0.3, -0.25) is 0 Å². The van der Waals surface area contributed by atoms with Gasteiger partial charge in [-0.15, -0.1) is 0 Å². The molecular weight excluding hydrogens is 271 g/mol. The van der Waals surface area contributed by atoms with Crippen LogP contribution in [0.15, 0.2) is 6.07 Å². The lowest BCUT2D eigenvalue weighted by atomic mass is 10.3. The summed E-state index contributed by atoms with van der Waals surface area (Å²) < 4.78 is 43.0. The van der Waals surface area contributed by atoms with Crippen LogP contribution in [0.5, 0.6) is 0 Å². The first-order valence-corrected chi connectivity index (χ1v) is 5.79. The van der Waals surface area contributed by atoms with Crippen molar-refractivity contribution in [3.8, 4) is 0 Å². The molecule has 18 heavy (non-hydrogen) atoms. The molecule has 1 fully saturated rings. The SMILES string of the molecule is FC(F)(F)c1cc(N2CCCOCC2)nc(Cl)n1. The van der Waals surface area contributed by atoms with Gasteiger partial charge in [0.1, 0.15) is 5.82 Å². The zero-order valence-corrected chi connectivity index (χ0v) is 10.1. The van der Waals surface area contributed by atoms with E-state index in [0.717, 1.165) is 12.5 Å². The van der Waals surface area contributed by atoms with Crippen LogP contribution in [-0.2, 0) is 10.9 Å². The molecule has 0 aromatic carbocycles. The molecule has 0 aliphatic carbocycles. The van der Waals surface area contributed by atoms with E-state index in [1.54, 1.807) is 4.90 Å². The van der Waals surface area contributed by atoms with Crippen LogP contribution in [0.3, 0.4) is 0 Å². The van der Waals surface area contributed by atoms with Gasteiger partial charge < -0.3 is 9.64 Å². The minimum atomic E-state index is -4.52. The number of alkyl halides is 3. The maximum atomic E-state index is 12.6. The number of anilines is 1. The first-order chi connectivity index (χ1) is 8.47. The lowest BCUT2D eigenvalue weighted by Crippen LogP contribution is -2.27. The average molecular weight is 282 g/mol. The molecule has 0 spiro atoms. The Kier molecular flexibility index (Phi) is 3.91. The molecule has 0 atom stereocenters. The zero-order valence-electron chi connectivity index (χ0n) is 9.37. The minimum absolute atomic E-state index is 0.188. The van der Waals surface area contributed by atoms with Crippen LogP contribution in [0.25, 0.3) is 0 Å². The second-order valence-corrected chi connectivity index (χ2v) is 4.17. The first kappa shape index (κ1) is 13.4. The van der Waals surface area contributed by atoms with Gasteiger partial charge in [-0.05, 0) is 18.0 Å². The Morgan fingerprint density at radius 1 is 1.22 bits per heavy atom. The van der Waals surface area contributed by atoms with Gasteiger partial charge in [0.05, 0.1) is 6.61 Å². The number of rotatable bonds is 1. The summed E-state index contributed by atoms with van der Waals surface area (Å²) in [5.41, 5.74) is -1.03. The highest BCUT2D eigenvalue weighted by atomic mass is 35.5. The molecule has 2 heterocycles. The number of nitrogens with zero attached hydrogens (tertiary/aromatic N) is 3. The van der Waals surface area contributed by atoms with E-state index in [1.165, 1.54) is 0 Å². The molecule has 8 heteroatoms. The summed E-state index contributed by atoms with van der Waals surface area (Å²) in [4.78, 5) is 8.75. The molecule has 1 aromatic heterocycles. The van der Waals surface area contributed by atoms with E-state index in [1.807, 2.05) is 0 Å². The van der Waals surface area contributed by atoms with Gasteiger partial charge in [0.2, 0.25) is 5.28 Å². The zero-order chi connectivity index (χ0) is 13.2. The predicted molar refractivity (Wildman–Crippen MR) is 59.7 cm³/mol. The van der Waals surface area contributed by atoms with E-state index in [0.29, 0.717) is 26.3 Å². The summed E-state index contributed by atoms with van der Waals surface area (Å²) in [5, 5.41) is -0.398. The van der Waals surface area contributed by atoms with Crippen LogP contribution < -0.4 is 4.90 Å². The Hall–Kier alpha value is -1.08. The summed E-state index contributed by atoms with van der Waals surface area (Å²) in [6, 6.07) is 0.914. The van der Waals surface area contributed by atoms with Gasteiger partial charge >= 0.3 is 6.18 Å². The Balaban J connectivity index is 2.29. The molecule has 0 bridgehead atoms. The summed E-state index contributed by atoms with van der Waals surface area (Å²) in [7, 11) is 0. The molecule has 0 saturated carbocycles. The highest BCUT2D eigenvalue weighted by Gasteiger charge is 2.34. The topological polar surface area (TPSA) is 38.2 Å². The predicted octanol–water partition coefficient (Wildman–Crippen LogP) is 2.38. The maximum absolute atomic E-state index is 12.6. The minimum Gasteiger partial charge on any atom is -0.380 e. The molecule has 0 radical (unpaired) electrons. The van der Waals surface area contributed by atoms with Gasteiger partial charge in [-0.2, -0.15) is 13.2 Å². The molecule has 4 nitrogen and oxygen atoms in total. The van der Waals surface area contributed by atoms with Crippen LogP contribution in [0.4, 0.5) is 19.0 Å². The van der Waals surface area contributed by atoms with Gasteiger partial charge in [0.15, 0.2) is 5.69 Å². The van der Waals surface area contributed by atoms with Gasteiger partial charge in [0, 0.05) is 25.8 Å². The number of aromatic nitrogens is 2. The molecule has 1 aliphatic rings. The van der Waals surface area contributed by atoms with E-state index in [2.05, 4.69) is 9.97 Å². The molecule has 0 unspecified atom stereocenters. The Morgan fingerprint density at radius 2 is 2.00 bits per heavy atom. The largest absolute Gasteiger partial charge is 0.433 e. The second-order valence-electron chi connectivity index (χ2n) is 3.83. The Bertz CT molecular complexity index is 419. The maximum Gasteiger partial charge on any atom is 0.433 e. The summed E-state index contributed by atoms with van der Waals surface area (Å²) >= 11 is 5.54. The third-order valence-electron chi connectivity index (χ3n) is 2.52. The summed E-state index contributed by atoms with van der Waals surface area (Å²) in [5.74, 6) is 0.188. The first-order valence-electron chi connectivity index (χ1n) is 5.41. The van der Waals surface area contributed by atoms with Gasteiger partial charge in [-0.25, -0.2) is 9.97 Å². The van der Waals surface area contributed by atoms with Crippen LogP contribution in [0.2, 0.25) is 5.28 Å². The van der Waals surface area contributed by atoms with Crippen molar-refractivity contribution < 1.29 is 17.9 Å². The van der Waals surface area contributed by atoms with E-state index >= 15 is 0 Å². The molecular formula is C10H11ClF3N3O. The molecule has 100 valence electrons. The Morgan fingerprint density at radius 3 is 2.72 bits per heavy atom. The van der Waals surface area contributed by atoms with E-state index in [-0.39, 0.29) is 5.82 Å². The Labute approximate surface area is 107 Å². The standard InChI is InChI=1S/C10H11ClF3N3O/c11-9-15-7(10(12,13)14)6-8(16-9)17-2-1-4-18-5-3-17/h6H,1-5H2. The van der Waals surface area contributed by atoms with E-state index < -0.39 is 17.2 Å². The van der Waals surface area contributed by atoms with Crippen molar-refractivity contribution in [1.29, 1.82) is 0 Å². The molecule has 2 rings (SSSR count). The fraction of sp³-hybridized carbons (Fsp3) is 0.600. The normalized spacial score (nSPS) is 17.7. The van der Waals surface area contributed by atoms with Crippen molar-refractivity contribution in [2.45, 2.75) is 12.6 Å². The van der Waals surface area contributed by atoms with E-state index in [9.17, 15) is 13.2 Å². The van der Waals surface area contributed by atoms with Crippen LogP contribution in [0, 0.1) is 0 Å². The fourth-order valence-corrected chi connectivity index (χ4v) is 1.87. The summed E-state index contributed by atoms with van der Waals surface area (Å²) in [6.07, 6.45) is -3.79. The number of halogens is 4. The fourth-order valence-electron chi connectivity index (χ4n) is 1.69. The van der Waals surface area contributed by atoms with Crippen LogP contribution in [0.1, 0.15) is 12.1 Å². The third-order valence-corrected chi connectivity index (χ3v) is 2.69. The van der Waals surface area contributed by atoms with Crippen LogP contribution in [-0.4, -0.2) is 36.3 Å². The smallest absolute Gasteiger partial charge is 0.380 e. The van der Waals surface area contributed by atoms with Crippen molar-refractivity contribution in [3.63, 3.8) is 0 Å². The van der Waals surface area contributed by atoms with Gasteiger partial charge in [-0.1, -0.05) is 0 Å². The van der Waals surface area contributed by atoms with Crippen LogP contribution >= 0.6 is 11.6 Å². The monoisotopic (exact) mass is 281 g/mol. The quantitative estimate of drug-likeness (QED) is 0.741. The van der Waals surface area contributed by atoms with Gasteiger partial charge in [0.25, 0.3) is 0 Å². The second kappa shape index (κ2) is 5.27. The van der Waals surface area contributed by atoms with Crippen molar-refractivity contribution >= 4 is 17.4 Å². The lowest BCUT2D eigenvalue weighted by molar-refractivity contribution is -0.141. The summed E-state index contributed by atoms with van der Waals surface area (Å²) in [6.45, 7) is 2.14. The van der Waals surface area contributed by atoms with Crippen molar-refractivity contribution in [1.82, 2.24) is 9.97 Å². The number of ether oxygens (including phenoxy) is 1. The average Bonchev–Trinajstić information content (AvgIpc) is 2.55. The van der Waals surface area contributed by atoms with Crippen molar-refractivity contribution in [2.75, 3.05) is 31.2 Å². The molecule has 1 aromatic rings. The highest BCUT2D eigenvalue weighted by Crippen LogP contribution is 2.30. The third kappa shape index (κ3) is 3.23.